The largest absolute Gasteiger partial charge is 0.258 e. The highest BCUT2D eigenvalue weighted by molar-refractivity contribution is 9.10. The van der Waals surface area contributed by atoms with Crippen LogP contribution in [0.5, 0.6) is 0 Å². The van der Waals surface area contributed by atoms with Crippen molar-refractivity contribution in [3.63, 3.8) is 0 Å². The number of aromatic nitrogens is 1. The highest BCUT2D eigenvalue weighted by Gasteiger charge is 2.21. The minimum Gasteiger partial charge on any atom is -0.258 e. The zero-order valence-electron chi connectivity index (χ0n) is 11.7. The van der Waals surface area contributed by atoms with Crippen LogP contribution in [-0.4, -0.2) is 9.19 Å². The van der Waals surface area contributed by atoms with Gasteiger partial charge >= 0.3 is 0 Å². The van der Waals surface area contributed by atoms with E-state index in [0.29, 0.717) is 5.75 Å². The van der Waals surface area contributed by atoms with E-state index in [9.17, 15) is 4.21 Å². The highest BCUT2D eigenvalue weighted by atomic mass is 79.9. The first-order valence-corrected chi connectivity index (χ1v) is 9.84. The number of benzene rings is 2. The number of hydrogen-bond donors (Lipinski definition) is 0. The van der Waals surface area contributed by atoms with Crippen molar-refractivity contribution in [1.29, 1.82) is 0 Å². The van der Waals surface area contributed by atoms with Crippen LogP contribution in [0.1, 0.15) is 21.3 Å². The average Bonchev–Trinajstić information content (AvgIpc) is 3.03. The summed E-state index contributed by atoms with van der Waals surface area (Å²) in [4.78, 5) is 5.12. The van der Waals surface area contributed by atoms with Crippen LogP contribution in [0.15, 0.2) is 70.8 Å². The van der Waals surface area contributed by atoms with Gasteiger partial charge < -0.3 is 0 Å². The second-order valence-corrected chi connectivity index (χ2v) is 8.24. The third kappa shape index (κ3) is 3.72. The molecule has 0 spiro atoms. The first kappa shape index (κ1) is 15.6. The lowest BCUT2D eigenvalue weighted by Gasteiger charge is -2.17. The van der Waals surface area contributed by atoms with E-state index in [4.69, 9.17) is 0 Å². The summed E-state index contributed by atoms with van der Waals surface area (Å²) in [6.07, 6.45) is 1.80. The van der Waals surface area contributed by atoms with Gasteiger partial charge in [0.25, 0.3) is 0 Å². The lowest BCUT2D eigenvalue weighted by molar-refractivity contribution is 0.678. The minimum atomic E-state index is -1.04. The summed E-state index contributed by atoms with van der Waals surface area (Å²) in [6, 6.07) is 18.1. The molecule has 0 amide bonds. The summed E-state index contributed by atoms with van der Waals surface area (Å²) < 4.78 is 14.0. The molecule has 112 valence electrons. The Morgan fingerprint density at radius 3 is 2.36 bits per heavy atom. The molecule has 0 N–H and O–H groups in total. The molecule has 0 bridgehead atoms. The predicted molar refractivity (Wildman–Crippen MR) is 96.4 cm³/mol. The number of hydrogen-bond acceptors (Lipinski definition) is 3. The lowest BCUT2D eigenvalue weighted by atomic mass is 10.0. The molecule has 0 aliphatic rings. The van der Waals surface area contributed by atoms with Crippen LogP contribution < -0.4 is 0 Å². The van der Waals surface area contributed by atoms with E-state index >= 15 is 0 Å². The van der Waals surface area contributed by atoms with Gasteiger partial charge in [0, 0.05) is 26.3 Å². The summed E-state index contributed by atoms with van der Waals surface area (Å²) in [6.45, 7) is 0. The zero-order valence-corrected chi connectivity index (χ0v) is 14.9. The molecule has 2 nitrogen and oxygen atoms in total. The van der Waals surface area contributed by atoms with Gasteiger partial charge in [0.2, 0.25) is 0 Å². The van der Waals surface area contributed by atoms with E-state index in [1.807, 2.05) is 54.6 Å². The van der Waals surface area contributed by atoms with Crippen molar-refractivity contribution in [2.24, 2.45) is 0 Å². The maximum atomic E-state index is 13.0. The molecule has 0 unspecified atom stereocenters. The normalized spacial score (nSPS) is 13.7. The van der Waals surface area contributed by atoms with Gasteiger partial charge in [-0.05, 0) is 23.3 Å². The van der Waals surface area contributed by atoms with Crippen LogP contribution in [0.2, 0.25) is 0 Å². The van der Waals surface area contributed by atoms with Crippen LogP contribution in [0.3, 0.4) is 0 Å². The second-order valence-electron chi connectivity index (χ2n) is 4.84. The summed E-state index contributed by atoms with van der Waals surface area (Å²) >= 11 is 5.00. The number of nitrogens with zero attached hydrogens (tertiary/aromatic N) is 1. The van der Waals surface area contributed by atoms with Gasteiger partial charge in [0.1, 0.15) is 0 Å². The van der Waals surface area contributed by atoms with Gasteiger partial charge in [0.05, 0.1) is 16.5 Å². The maximum absolute atomic E-state index is 13.0. The van der Waals surface area contributed by atoms with Crippen molar-refractivity contribution in [2.45, 2.75) is 11.0 Å². The van der Waals surface area contributed by atoms with Crippen LogP contribution in [0.25, 0.3) is 0 Å². The van der Waals surface area contributed by atoms with Crippen molar-refractivity contribution < 1.29 is 4.21 Å². The molecule has 1 heterocycles. The van der Waals surface area contributed by atoms with E-state index in [2.05, 4.69) is 20.9 Å². The van der Waals surface area contributed by atoms with Gasteiger partial charge in [-0.1, -0.05) is 58.4 Å². The maximum Gasteiger partial charge on any atom is 0.0850 e. The van der Waals surface area contributed by atoms with Crippen LogP contribution in [0, 0.1) is 0 Å². The van der Waals surface area contributed by atoms with Gasteiger partial charge in [-0.3, -0.25) is 9.19 Å². The second kappa shape index (κ2) is 7.31. The Bertz CT molecular complexity index is 742. The van der Waals surface area contributed by atoms with Crippen LogP contribution in [-0.2, 0) is 16.6 Å². The fourth-order valence-electron chi connectivity index (χ4n) is 2.30. The number of thiazole rings is 1. The van der Waals surface area contributed by atoms with Crippen molar-refractivity contribution in [3.8, 4) is 0 Å². The topological polar surface area (TPSA) is 30.0 Å². The molecule has 0 aliphatic carbocycles. The Morgan fingerprint density at radius 1 is 1.05 bits per heavy atom. The third-order valence-corrected chi connectivity index (χ3v) is 6.46. The standard InChI is InChI=1S/C17H14BrNOS2/c18-15-8-6-14(7-9-15)17(13-4-2-1-3-5-13)22(20)11-16-10-19-12-21-16/h1-10,12,17H,11H2/t17-,22-/m1/s1. The SMILES string of the molecule is O=[S@](Cc1cncs1)[C@H](c1ccccc1)c1ccc(Br)cc1. The fraction of sp³-hybridized carbons (Fsp3) is 0.118. The zero-order chi connectivity index (χ0) is 15.4. The van der Waals surface area contributed by atoms with E-state index in [0.717, 1.165) is 20.5 Å². The molecule has 2 atom stereocenters. The molecule has 2 aromatic carbocycles. The monoisotopic (exact) mass is 391 g/mol. The Labute approximate surface area is 144 Å². The number of rotatable bonds is 5. The Balaban J connectivity index is 1.95. The molecule has 0 aliphatic heterocycles. The van der Waals surface area contributed by atoms with Crippen LogP contribution >= 0.6 is 27.3 Å². The van der Waals surface area contributed by atoms with E-state index < -0.39 is 10.8 Å². The molecule has 3 rings (SSSR count). The Kier molecular flexibility index (Phi) is 5.18. The van der Waals surface area contributed by atoms with Gasteiger partial charge in [-0.25, -0.2) is 0 Å². The first-order chi connectivity index (χ1) is 10.7. The van der Waals surface area contributed by atoms with Gasteiger partial charge in [-0.15, -0.1) is 11.3 Å². The van der Waals surface area contributed by atoms with Crippen molar-refractivity contribution in [1.82, 2.24) is 4.98 Å². The highest BCUT2D eigenvalue weighted by Crippen LogP contribution is 2.31. The average molecular weight is 392 g/mol. The van der Waals surface area contributed by atoms with Crippen molar-refractivity contribution >= 4 is 38.1 Å². The smallest absolute Gasteiger partial charge is 0.0850 e. The van der Waals surface area contributed by atoms with E-state index in [1.54, 1.807) is 23.0 Å². The minimum absolute atomic E-state index is 0.128. The molecule has 0 saturated carbocycles. The van der Waals surface area contributed by atoms with E-state index in [1.165, 1.54) is 0 Å². The van der Waals surface area contributed by atoms with Gasteiger partial charge in [-0.2, -0.15) is 0 Å². The molecule has 1 aromatic heterocycles. The summed E-state index contributed by atoms with van der Waals surface area (Å²) in [5, 5.41) is -0.128. The van der Waals surface area contributed by atoms with Crippen molar-refractivity contribution in [3.05, 3.63) is 86.8 Å². The molecule has 5 heteroatoms. The predicted octanol–water partition coefficient (Wildman–Crippen LogP) is 4.94. The Morgan fingerprint density at radius 2 is 1.73 bits per heavy atom. The van der Waals surface area contributed by atoms with Crippen molar-refractivity contribution in [2.75, 3.05) is 0 Å². The summed E-state index contributed by atoms with van der Waals surface area (Å²) in [5.41, 5.74) is 3.92. The molecular formula is C17H14BrNOS2. The summed E-state index contributed by atoms with van der Waals surface area (Å²) in [5.74, 6) is 0.528. The molecule has 22 heavy (non-hydrogen) atoms. The lowest BCUT2D eigenvalue weighted by Crippen LogP contribution is -2.10. The quantitative estimate of drug-likeness (QED) is 0.615. The Hall–Kier alpha value is -1.30. The molecule has 0 saturated heterocycles. The van der Waals surface area contributed by atoms with Crippen LogP contribution in [0.4, 0.5) is 0 Å². The molecule has 0 radical (unpaired) electrons. The molecule has 0 fully saturated rings. The van der Waals surface area contributed by atoms with E-state index in [-0.39, 0.29) is 5.25 Å². The molecular weight excluding hydrogens is 378 g/mol. The molecule has 3 aromatic rings. The fourth-order valence-corrected chi connectivity index (χ4v) is 5.01. The third-order valence-electron chi connectivity index (χ3n) is 3.31. The summed E-state index contributed by atoms with van der Waals surface area (Å²) in [7, 11) is -1.04. The first-order valence-electron chi connectivity index (χ1n) is 6.79. The van der Waals surface area contributed by atoms with Gasteiger partial charge in [0.15, 0.2) is 0 Å². The number of halogens is 1.